The molecule has 0 bridgehead atoms. The molecule has 20 heavy (non-hydrogen) atoms. The number of rotatable bonds is 5. The summed E-state index contributed by atoms with van der Waals surface area (Å²) in [5.74, 6) is 1.94. The molecule has 2 rings (SSSR count). The van der Waals surface area contributed by atoms with Crippen LogP contribution in [0.3, 0.4) is 0 Å². The Hall–Kier alpha value is -1.87. The third kappa shape index (κ3) is 3.36. The van der Waals surface area contributed by atoms with Gasteiger partial charge in [-0.3, -0.25) is 0 Å². The van der Waals surface area contributed by atoms with Crippen molar-refractivity contribution in [1.29, 1.82) is 0 Å². The Labute approximate surface area is 120 Å². The highest BCUT2D eigenvalue weighted by Gasteiger charge is 2.10. The number of aromatic nitrogens is 1. The first kappa shape index (κ1) is 14.5. The molecular weight excluding hydrogens is 248 g/mol. The Bertz CT molecular complexity index is 549. The van der Waals surface area contributed by atoms with Crippen LogP contribution in [-0.2, 0) is 0 Å². The van der Waals surface area contributed by atoms with Crippen LogP contribution in [0.15, 0.2) is 42.6 Å². The number of pyridine rings is 1. The van der Waals surface area contributed by atoms with Gasteiger partial charge >= 0.3 is 0 Å². The molecule has 2 N–H and O–H groups in total. The summed E-state index contributed by atoms with van der Waals surface area (Å²) in [6.07, 6.45) is 2.85. The SMILES string of the molecule is CCC(C)c1ccc(Oc2ncccc2C(C)N)cc1. The summed E-state index contributed by atoms with van der Waals surface area (Å²) in [6, 6.07) is 11.9. The Kier molecular flexibility index (Phi) is 4.74. The van der Waals surface area contributed by atoms with Crippen molar-refractivity contribution in [2.45, 2.75) is 39.2 Å². The number of hydrogen-bond acceptors (Lipinski definition) is 3. The first-order valence-corrected chi connectivity index (χ1v) is 7.10. The number of nitrogens with two attached hydrogens (primary N) is 1. The van der Waals surface area contributed by atoms with Crippen LogP contribution < -0.4 is 10.5 Å². The lowest BCUT2D eigenvalue weighted by Gasteiger charge is -2.13. The largest absolute Gasteiger partial charge is 0.439 e. The highest BCUT2D eigenvalue weighted by atomic mass is 16.5. The van der Waals surface area contributed by atoms with E-state index in [0.717, 1.165) is 17.7 Å². The van der Waals surface area contributed by atoms with E-state index in [0.29, 0.717) is 11.8 Å². The van der Waals surface area contributed by atoms with Crippen molar-refractivity contribution in [3.05, 3.63) is 53.7 Å². The van der Waals surface area contributed by atoms with Crippen molar-refractivity contribution in [2.24, 2.45) is 5.73 Å². The molecule has 0 amide bonds. The van der Waals surface area contributed by atoms with Gasteiger partial charge in [0.1, 0.15) is 5.75 Å². The van der Waals surface area contributed by atoms with Gasteiger partial charge in [-0.25, -0.2) is 4.98 Å². The Balaban J connectivity index is 2.18. The van der Waals surface area contributed by atoms with Gasteiger partial charge in [-0.1, -0.05) is 32.0 Å². The molecule has 0 spiro atoms. The summed E-state index contributed by atoms with van der Waals surface area (Å²) < 4.78 is 5.85. The van der Waals surface area contributed by atoms with Gasteiger partial charge in [0.2, 0.25) is 5.88 Å². The van der Waals surface area contributed by atoms with E-state index in [4.69, 9.17) is 10.5 Å². The van der Waals surface area contributed by atoms with Gasteiger partial charge in [0, 0.05) is 17.8 Å². The van der Waals surface area contributed by atoms with Crippen molar-refractivity contribution in [1.82, 2.24) is 4.98 Å². The van der Waals surface area contributed by atoms with Crippen LogP contribution in [-0.4, -0.2) is 4.98 Å². The van der Waals surface area contributed by atoms with Gasteiger partial charge in [-0.05, 0) is 43.0 Å². The fraction of sp³-hybridized carbons (Fsp3) is 0.353. The highest BCUT2D eigenvalue weighted by Crippen LogP contribution is 2.28. The average Bonchev–Trinajstić information content (AvgIpc) is 2.47. The molecule has 0 saturated carbocycles. The maximum Gasteiger partial charge on any atom is 0.223 e. The van der Waals surface area contributed by atoms with E-state index in [-0.39, 0.29) is 6.04 Å². The average molecular weight is 270 g/mol. The summed E-state index contributed by atoms with van der Waals surface area (Å²) in [5.41, 5.74) is 8.17. The molecule has 1 aromatic heterocycles. The lowest BCUT2D eigenvalue weighted by Crippen LogP contribution is -2.07. The molecular formula is C17H22N2O. The number of nitrogens with zero attached hydrogens (tertiary/aromatic N) is 1. The van der Waals surface area contributed by atoms with Crippen LogP contribution in [0, 0.1) is 0 Å². The molecule has 2 aromatic rings. The predicted molar refractivity (Wildman–Crippen MR) is 82.1 cm³/mol. The van der Waals surface area contributed by atoms with Crippen LogP contribution in [0.1, 0.15) is 50.3 Å². The topological polar surface area (TPSA) is 48.1 Å². The van der Waals surface area contributed by atoms with E-state index in [1.807, 2.05) is 31.2 Å². The van der Waals surface area contributed by atoms with E-state index in [1.54, 1.807) is 6.20 Å². The predicted octanol–water partition coefficient (Wildman–Crippen LogP) is 4.41. The van der Waals surface area contributed by atoms with Crippen LogP contribution in [0.2, 0.25) is 0 Å². The molecule has 0 fully saturated rings. The normalized spacial score (nSPS) is 13.8. The highest BCUT2D eigenvalue weighted by molar-refractivity contribution is 5.35. The molecule has 0 saturated heterocycles. The van der Waals surface area contributed by atoms with Crippen LogP contribution >= 0.6 is 0 Å². The maximum absolute atomic E-state index is 5.93. The second-order valence-electron chi connectivity index (χ2n) is 5.17. The minimum Gasteiger partial charge on any atom is -0.439 e. The monoisotopic (exact) mass is 270 g/mol. The van der Waals surface area contributed by atoms with E-state index >= 15 is 0 Å². The Morgan fingerprint density at radius 2 is 1.85 bits per heavy atom. The molecule has 3 nitrogen and oxygen atoms in total. The zero-order chi connectivity index (χ0) is 14.5. The van der Waals surface area contributed by atoms with Crippen molar-refractivity contribution < 1.29 is 4.74 Å². The van der Waals surface area contributed by atoms with Crippen molar-refractivity contribution in [3.63, 3.8) is 0 Å². The van der Waals surface area contributed by atoms with Gasteiger partial charge in [-0.15, -0.1) is 0 Å². The van der Waals surface area contributed by atoms with E-state index in [1.165, 1.54) is 5.56 Å². The first-order valence-electron chi connectivity index (χ1n) is 7.10. The molecule has 1 aromatic carbocycles. The van der Waals surface area contributed by atoms with Crippen molar-refractivity contribution in [2.75, 3.05) is 0 Å². The molecule has 3 heteroatoms. The van der Waals surface area contributed by atoms with E-state index < -0.39 is 0 Å². The smallest absolute Gasteiger partial charge is 0.223 e. The van der Waals surface area contributed by atoms with Gasteiger partial charge in [-0.2, -0.15) is 0 Å². The van der Waals surface area contributed by atoms with Gasteiger partial charge in [0.15, 0.2) is 0 Å². The number of hydrogen-bond donors (Lipinski definition) is 1. The molecule has 2 unspecified atom stereocenters. The van der Waals surface area contributed by atoms with E-state index in [9.17, 15) is 0 Å². The van der Waals surface area contributed by atoms with Crippen LogP contribution in [0.25, 0.3) is 0 Å². The van der Waals surface area contributed by atoms with Crippen molar-refractivity contribution in [3.8, 4) is 11.6 Å². The first-order chi connectivity index (χ1) is 9.61. The third-order valence-electron chi connectivity index (χ3n) is 3.57. The fourth-order valence-electron chi connectivity index (χ4n) is 2.05. The zero-order valence-electron chi connectivity index (χ0n) is 12.3. The summed E-state index contributed by atoms with van der Waals surface area (Å²) in [5, 5.41) is 0. The second kappa shape index (κ2) is 6.53. The summed E-state index contributed by atoms with van der Waals surface area (Å²) >= 11 is 0. The molecule has 0 aliphatic rings. The molecule has 0 radical (unpaired) electrons. The lowest BCUT2D eigenvalue weighted by atomic mass is 9.99. The van der Waals surface area contributed by atoms with E-state index in [2.05, 4.69) is 31.0 Å². The van der Waals surface area contributed by atoms with Crippen molar-refractivity contribution >= 4 is 0 Å². The summed E-state index contributed by atoms with van der Waals surface area (Å²) in [4.78, 5) is 4.27. The Morgan fingerprint density at radius 1 is 1.15 bits per heavy atom. The van der Waals surface area contributed by atoms with Gasteiger partial charge in [0.25, 0.3) is 0 Å². The lowest BCUT2D eigenvalue weighted by molar-refractivity contribution is 0.451. The second-order valence-corrected chi connectivity index (χ2v) is 5.17. The standard InChI is InChI=1S/C17H22N2O/c1-4-12(2)14-7-9-15(10-8-14)20-17-16(13(3)18)6-5-11-19-17/h5-13H,4,18H2,1-3H3. The summed E-state index contributed by atoms with van der Waals surface area (Å²) in [6.45, 7) is 6.34. The Morgan fingerprint density at radius 3 is 2.45 bits per heavy atom. The van der Waals surface area contributed by atoms with Crippen LogP contribution in [0.5, 0.6) is 11.6 Å². The van der Waals surface area contributed by atoms with Crippen LogP contribution in [0.4, 0.5) is 0 Å². The minimum atomic E-state index is -0.0990. The molecule has 106 valence electrons. The molecule has 0 aliphatic carbocycles. The molecule has 1 heterocycles. The zero-order valence-corrected chi connectivity index (χ0v) is 12.3. The minimum absolute atomic E-state index is 0.0990. The fourth-order valence-corrected chi connectivity index (χ4v) is 2.05. The molecule has 2 atom stereocenters. The van der Waals surface area contributed by atoms with Gasteiger partial charge in [0.05, 0.1) is 0 Å². The number of ether oxygens (including phenoxy) is 1. The number of benzene rings is 1. The van der Waals surface area contributed by atoms with Gasteiger partial charge < -0.3 is 10.5 Å². The molecule has 0 aliphatic heterocycles. The third-order valence-corrected chi connectivity index (χ3v) is 3.57. The summed E-state index contributed by atoms with van der Waals surface area (Å²) in [7, 11) is 0. The maximum atomic E-state index is 5.93. The quantitative estimate of drug-likeness (QED) is 0.875.